The highest BCUT2D eigenvalue weighted by molar-refractivity contribution is 6.33. The summed E-state index contributed by atoms with van der Waals surface area (Å²) in [6.07, 6.45) is 0.410. The molecule has 0 aliphatic rings. The summed E-state index contributed by atoms with van der Waals surface area (Å²) in [4.78, 5) is 23.8. The molecule has 0 aliphatic carbocycles. The van der Waals surface area contributed by atoms with Crippen LogP contribution in [0.5, 0.6) is 0 Å². The van der Waals surface area contributed by atoms with Crippen LogP contribution in [-0.2, 0) is 11.3 Å². The summed E-state index contributed by atoms with van der Waals surface area (Å²) in [5.74, 6) is 0.411. The van der Waals surface area contributed by atoms with Gasteiger partial charge in [-0.05, 0) is 32.8 Å². The molecule has 4 nitrogen and oxygen atoms in total. The lowest BCUT2D eigenvalue weighted by Gasteiger charge is -2.11. The zero-order valence-electron chi connectivity index (χ0n) is 13.5. The summed E-state index contributed by atoms with van der Waals surface area (Å²) in [6.45, 7) is 10.9. The number of rotatable bonds is 7. The molecule has 1 aromatic heterocycles. The van der Waals surface area contributed by atoms with E-state index in [9.17, 15) is 9.59 Å². The second kappa shape index (κ2) is 7.64. The van der Waals surface area contributed by atoms with E-state index >= 15 is 0 Å². The Labute approximate surface area is 131 Å². The van der Waals surface area contributed by atoms with E-state index in [2.05, 4.69) is 19.2 Å². The molecule has 1 amide bonds. The Balaban J connectivity index is 2.72. The number of ketones is 1. The zero-order valence-corrected chi connectivity index (χ0v) is 14.3. The number of nitrogens with zero attached hydrogens (tertiary/aromatic N) is 1. The minimum atomic E-state index is -0.534. The number of aromatic nitrogens is 1. The Morgan fingerprint density at radius 2 is 1.90 bits per heavy atom. The molecule has 1 N–H and O–H groups in total. The number of alkyl halides is 1. The highest BCUT2D eigenvalue weighted by atomic mass is 35.5. The molecule has 1 unspecified atom stereocenters. The molecule has 0 saturated carbocycles. The van der Waals surface area contributed by atoms with Crippen molar-refractivity contribution in [1.82, 2.24) is 9.88 Å². The van der Waals surface area contributed by atoms with Crippen molar-refractivity contribution < 1.29 is 9.59 Å². The monoisotopic (exact) mass is 312 g/mol. The second-order valence-electron chi connectivity index (χ2n) is 5.86. The van der Waals surface area contributed by atoms with Gasteiger partial charge < -0.3 is 9.88 Å². The fraction of sp³-hybridized carbons (Fsp3) is 0.625. The molecule has 21 heavy (non-hydrogen) atoms. The van der Waals surface area contributed by atoms with Crippen LogP contribution < -0.4 is 5.32 Å². The Kier molecular flexibility index (Phi) is 6.46. The lowest BCUT2D eigenvalue weighted by molar-refractivity contribution is -0.121. The number of aryl methyl sites for hydroxylation is 1. The molecule has 5 heteroatoms. The van der Waals surface area contributed by atoms with Gasteiger partial charge in [-0.1, -0.05) is 13.8 Å². The first-order valence-electron chi connectivity index (χ1n) is 7.35. The first kappa shape index (κ1) is 17.8. The molecule has 0 bridgehead atoms. The average molecular weight is 313 g/mol. The first-order chi connectivity index (χ1) is 9.73. The van der Waals surface area contributed by atoms with Gasteiger partial charge in [-0.25, -0.2) is 0 Å². The van der Waals surface area contributed by atoms with Crippen molar-refractivity contribution in [2.24, 2.45) is 5.92 Å². The number of Topliss-reactive ketones (excluding diaryl/α,β-unsaturated/α-hetero) is 1. The van der Waals surface area contributed by atoms with Gasteiger partial charge in [-0.2, -0.15) is 0 Å². The number of halogens is 1. The normalized spacial score (nSPS) is 12.5. The Morgan fingerprint density at radius 1 is 1.29 bits per heavy atom. The maximum absolute atomic E-state index is 12.0. The molecular weight excluding hydrogens is 288 g/mol. The van der Waals surface area contributed by atoms with Crippen molar-refractivity contribution in [2.75, 3.05) is 6.54 Å². The number of hydrogen-bond donors (Lipinski definition) is 1. The Bertz CT molecular complexity index is 519. The van der Waals surface area contributed by atoms with Crippen LogP contribution in [0, 0.1) is 19.8 Å². The van der Waals surface area contributed by atoms with E-state index in [1.807, 2.05) is 24.5 Å². The van der Waals surface area contributed by atoms with Gasteiger partial charge in [-0.3, -0.25) is 9.59 Å². The van der Waals surface area contributed by atoms with Gasteiger partial charge in [0.25, 0.3) is 0 Å². The molecule has 0 aromatic carbocycles. The van der Waals surface area contributed by atoms with Gasteiger partial charge in [0.1, 0.15) is 0 Å². The van der Waals surface area contributed by atoms with E-state index in [0.717, 1.165) is 11.4 Å². The summed E-state index contributed by atoms with van der Waals surface area (Å²) >= 11 is 5.87. The van der Waals surface area contributed by atoms with Crippen molar-refractivity contribution in [3.63, 3.8) is 0 Å². The predicted octanol–water partition coefficient (Wildman–Crippen LogP) is 3.08. The van der Waals surface area contributed by atoms with E-state index < -0.39 is 5.38 Å². The molecule has 118 valence electrons. The van der Waals surface area contributed by atoms with E-state index in [1.165, 1.54) is 0 Å². The SMILES string of the molecule is Cc1cc(C(=O)C(C)Cl)c(C)n1CCC(=O)NCC(C)C. The van der Waals surface area contributed by atoms with Crippen molar-refractivity contribution in [1.29, 1.82) is 0 Å². The van der Waals surface area contributed by atoms with Crippen LogP contribution in [0.4, 0.5) is 0 Å². The highest BCUT2D eigenvalue weighted by Crippen LogP contribution is 2.19. The number of nitrogens with one attached hydrogen (secondary N) is 1. The molecule has 0 aliphatic heterocycles. The van der Waals surface area contributed by atoms with E-state index in [0.29, 0.717) is 31.0 Å². The zero-order chi connectivity index (χ0) is 16.2. The third-order valence-corrected chi connectivity index (χ3v) is 3.67. The smallest absolute Gasteiger partial charge is 0.221 e. The van der Waals surface area contributed by atoms with Gasteiger partial charge in [0.15, 0.2) is 5.78 Å². The van der Waals surface area contributed by atoms with Crippen molar-refractivity contribution >= 4 is 23.3 Å². The van der Waals surface area contributed by atoms with Gasteiger partial charge in [0, 0.05) is 36.5 Å². The van der Waals surface area contributed by atoms with E-state index in [4.69, 9.17) is 11.6 Å². The minimum Gasteiger partial charge on any atom is -0.356 e. The van der Waals surface area contributed by atoms with Gasteiger partial charge >= 0.3 is 0 Å². The fourth-order valence-corrected chi connectivity index (χ4v) is 2.35. The highest BCUT2D eigenvalue weighted by Gasteiger charge is 2.19. The predicted molar refractivity (Wildman–Crippen MR) is 86.0 cm³/mol. The van der Waals surface area contributed by atoms with Crippen LogP contribution in [0.25, 0.3) is 0 Å². The van der Waals surface area contributed by atoms with Crippen molar-refractivity contribution in [3.8, 4) is 0 Å². The Hall–Kier alpha value is -1.29. The largest absolute Gasteiger partial charge is 0.356 e. The van der Waals surface area contributed by atoms with Gasteiger partial charge in [0.05, 0.1) is 5.38 Å². The number of amides is 1. The lowest BCUT2D eigenvalue weighted by atomic mass is 10.1. The minimum absolute atomic E-state index is 0.0368. The van der Waals surface area contributed by atoms with Crippen LogP contribution in [0.2, 0.25) is 0 Å². The third kappa shape index (κ3) is 4.88. The molecule has 0 spiro atoms. The number of carbonyl (C=O) groups excluding carboxylic acids is 2. The molecular formula is C16H25ClN2O2. The third-order valence-electron chi connectivity index (χ3n) is 3.47. The van der Waals surface area contributed by atoms with Crippen LogP contribution in [0.1, 0.15) is 48.9 Å². The first-order valence-corrected chi connectivity index (χ1v) is 7.79. The van der Waals surface area contributed by atoms with E-state index in [-0.39, 0.29) is 11.7 Å². The maximum atomic E-state index is 12.0. The molecule has 1 rings (SSSR count). The quantitative estimate of drug-likeness (QED) is 0.621. The summed E-state index contributed by atoms with van der Waals surface area (Å²) in [6, 6.07) is 1.85. The average Bonchev–Trinajstić information content (AvgIpc) is 2.68. The van der Waals surface area contributed by atoms with Crippen LogP contribution in [0.15, 0.2) is 6.07 Å². The summed E-state index contributed by atoms with van der Waals surface area (Å²) < 4.78 is 2.00. The fourth-order valence-electron chi connectivity index (χ4n) is 2.23. The molecule has 0 saturated heterocycles. The molecule has 0 fully saturated rings. The van der Waals surface area contributed by atoms with Crippen molar-refractivity contribution in [2.45, 2.75) is 53.0 Å². The van der Waals surface area contributed by atoms with Crippen LogP contribution in [0.3, 0.4) is 0 Å². The molecule has 0 radical (unpaired) electrons. The van der Waals surface area contributed by atoms with Gasteiger partial charge in [0.2, 0.25) is 5.91 Å². The number of carbonyl (C=O) groups is 2. The topological polar surface area (TPSA) is 51.1 Å². The molecule has 1 atom stereocenters. The maximum Gasteiger partial charge on any atom is 0.221 e. The second-order valence-corrected chi connectivity index (χ2v) is 6.52. The van der Waals surface area contributed by atoms with Crippen molar-refractivity contribution in [3.05, 3.63) is 23.0 Å². The van der Waals surface area contributed by atoms with Crippen LogP contribution in [-0.4, -0.2) is 28.2 Å². The van der Waals surface area contributed by atoms with E-state index in [1.54, 1.807) is 6.92 Å². The van der Waals surface area contributed by atoms with Crippen LogP contribution >= 0.6 is 11.6 Å². The summed E-state index contributed by atoms with van der Waals surface area (Å²) in [5.41, 5.74) is 2.50. The molecule has 1 heterocycles. The Morgan fingerprint density at radius 3 is 2.43 bits per heavy atom. The molecule has 1 aromatic rings. The summed E-state index contributed by atoms with van der Waals surface area (Å²) in [7, 11) is 0. The lowest BCUT2D eigenvalue weighted by Crippen LogP contribution is -2.28. The number of hydrogen-bond acceptors (Lipinski definition) is 2. The standard InChI is InChI=1S/C16H25ClN2O2/c1-10(2)9-18-15(20)6-7-19-11(3)8-14(13(19)5)16(21)12(4)17/h8,10,12H,6-7,9H2,1-5H3,(H,18,20). The summed E-state index contributed by atoms with van der Waals surface area (Å²) in [5, 5.41) is 2.36. The van der Waals surface area contributed by atoms with Gasteiger partial charge in [-0.15, -0.1) is 11.6 Å².